The Bertz CT molecular complexity index is 1720. The van der Waals surface area contributed by atoms with E-state index >= 15 is 0 Å². The maximum absolute atomic E-state index is 12.4. The lowest BCUT2D eigenvalue weighted by atomic mass is 9.97. The quantitative estimate of drug-likeness (QED) is 0.231. The number of hydrogen-bond donors (Lipinski definition) is 5. The van der Waals surface area contributed by atoms with Crippen LogP contribution in [0.3, 0.4) is 0 Å². The summed E-state index contributed by atoms with van der Waals surface area (Å²) >= 11 is 0. The second-order valence-electron chi connectivity index (χ2n) is 10.3. The minimum Gasteiger partial charge on any atom is -0.462 e. The van der Waals surface area contributed by atoms with Crippen LogP contribution in [0.1, 0.15) is 16.7 Å². The van der Waals surface area contributed by atoms with Gasteiger partial charge in [-0.1, -0.05) is 48.5 Å². The van der Waals surface area contributed by atoms with E-state index in [9.17, 15) is 35.7 Å². The lowest BCUT2D eigenvalue weighted by Crippen LogP contribution is -2.60. The van der Waals surface area contributed by atoms with E-state index < -0.39 is 43.4 Å². The normalized spacial score (nSPS) is 22.0. The average molecular weight is 624 g/mol. The third-order valence-electron chi connectivity index (χ3n) is 7.18. The van der Waals surface area contributed by atoms with Crippen LogP contribution in [-0.4, -0.2) is 63.8 Å². The number of carbonyl (C=O) groups excluding carboxylic acids is 1. The molecule has 2 aliphatic heterocycles. The molecule has 2 heterocycles. The summed E-state index contributed by atoms with van der Waals surface area (Å²) in [5.41, 5.74) is 3.10. The van der Waals surface area contributed by atoms with Crippen molar-refractivity contribution in [1.82, 2.24) is 0 Å². The smallest absolute Gasteiger partial charge is 0.411 e. The van der Waals surface area contributed by atoms with Gasteiger partial charge in [-0.15, -0.1) is 0 Å². The maximum atomic E-state index is 12.4. The summed E-state index contributed by atoms with van der Waals surface area (Å²) in [5, 5.41) is 60.7. The van der Waals surface area contributed by atoms with E-state index in [4.69, 9.17) is 18.9 Å². The molecule has 0 aromatic heterocycles. The standard InChI is InChI=1S/C34H29N3O9/c35-16-22(17-36)27-15-25(44-28-4-2-1-3-26(27)28)14-7-20-5-10-23(11-6-20)37-34(42)43-19-21-8-12-24(13-9-21)45-33-32(41)31(40)30(39)29(18-38)46-33/h1-15,29-33,38-41H,18-19H2,(H,37,42). The number of fused-ring (bicyclic) bond motifs is 1. The van der Waals surface area contributed by atoms with Crippen LogP contribution in [0.4, 0.5) is 10.5 Å². The first-order valence-corrected chi connectivity index (χ1v) is 14.1. The highest BCUT2D eigenvalue weighted by Gasteiger charge is 2.44. The molecule has 1 fully saturated rings. The summed E-state index contributed by atoms with van der Waals surface area (Å²) in [6.45, 7) is -0.607. The molecule has 1 amide bonds. The van der Waals surface area contributed by atoms with Crippen LogP contribution in [-0.2, 0) is 16.1 Å². The molecule has 0 bridgehead atoms. The number of para-hydroxylation sites is 1. The average Bonchev–Trinajstić information content (AvgIpc) is 3.08. The number of nitrogens with zero attached hydrogens (tertiary/aromatic N) is 2. The van der Waals surface area contributed by atoms with Crippen molar-refractivity contribution in [3.8, 4) is 23.6 Å². The van der Waals surface area contributed by atoms with Gasteiger partial charge in [0.25, 0.3) is 0 Å². The molecule has 46 heavy (non-hydrogen) atoms. The van der Waals surface area contributed by atoms with Crippen molar-refractivity contribution in [3.63, 3.8) is 0 Å². The number of amides is 1. The van der Waals surface area contributed by atoms with Crippen molar-refractivity contribution in [3.05, 3.63) is 113 Å². The Labute approximate surface area is 263 Å². The van der Waals surface area contributed by atoms with Crippen molar-refractivity contribution in [2.75, 3.05) is 11.9 Å². The predicted octanol–water partition coefficient (Wildman–Crippen LogP) is 3.40. The number of ether oxygens (including phenoxy) is 4. The van der Waals surface area contributed by atoms with Crippen molar-refractivity contribution in [2.24, 2.45) is 0 Å². The molecule has 0 spiro atoms. The number of allylic oxidation sites excluding steroid dienone is 4. The van der Waals surface area contributed by atoms with Crippen molar-refractivity contribution in [2.45, 2.75) is 37.3 Å². The van der Waals surface area contributed by atoms with Gasteiger partial charge in [0.1, 0.15) is 66.0 Å². The van der Waals surface area contributed by atoms with Gasteiger partial charge in [0, 0.05) is 16.8 Å². The summed E-state index contributed by atoms with van der Waals surface area (Å²) in [4.78, 5) is 12.4. The van der Waals surface area contributed by atoms with Crippen LogP contribution in [0.25, 0.3) is 11.6 Å². The Morgan fingerprint density at radius 3 is 2.33 bits per heavy atom. The van der Waals surface area contributed by atoms with E-state index in [-0.39, 0.29) is 17.9 Å². The van der Waals surface area contributed by atoms with Gasteiger partial charge >= 0.3 is 6.09 Å². The molecule has 0 saturated carbocycles. The van der Waals surface area contributed by atoms with Crippen molar-refractivity contribution >= 4 is 23.4 Å². The van der Waals surface area contributed by atoms with E-state index in [2.05, 4.69) is 5.32 Å². The molecule has 5 N–H and O–H groups in total. The van der Waals surface area contributed by atoms with Gasteiger partial charge in [-0.2, -0.15) is 10.5 Å². The van der Waals surface area contributed by atoms with E-state index in [1.54, 1.807) is 91.0 Å². The Balaban J connectivity index is 1.12. The zero-order valence-electron chi connectivity index (χ0n) is 24.2. The number of anilines is 1. The second kappa shape index (κ2) is 14.5. The largest absolute Gasteiger partial charge is 0.462 e. The third-order valence-corrected chi connectivity index (χ3v) is 7.18. The summed E-state index contributed by atoms with van der Waals surface area (Å²) in [6.07, 6.45) is -2.47. The molecule has 0 aliphatic carbocycles. The highest BCUT2D eigenvalue weighted by Crippen LogP contribution is 2.35. The zero-order chi connectivity index (χ0) is 32.6. The van der Waals surface area contributed by atoms with Gasteiger partial charge in [0.2, 0.25) is 6.29 Å². The fraction of sp³-hybridized carbons (Fsp3) is 0.206. The highest BCUT2D eigenvalue weighted by molar-refractivity contribution is 5.87. The van der Waals surface area contributed by atoms with Crippen LogP contribution in [0, 0.1) is 22.7 Å². The van der Waals surface area contributed by atoms with Gasteiger partial charge in [0.05, 0.1) is 6.61 Å². The first-order valence-electron chi connectivity index (χ1n) is 14.1. The van der Waals surface area contributed by atoms with Gasteiger partial charge in [-0.05, 0) is 53.6 Å². The molecular weight excluding hydrogens is 594 g/mol. The number of hydrogen-bond acceptors (Lipinski definition) is 11. The molecule has 234 valence electrons. The molecule has 3 aromatic carbocycles. The van der Waals surface area contributed by atoms with Crippen LogP contribution < -0.4 is 14.8 Å². The number of nitrogens with one attached hydrogen (secondary N) is 1. The van der Waals surface area contributed by atoms with Crippen LogP contribution in [0.2, 0.25) is 0 Å². The van der Waals surface area contributed by atoms with E-state index in [0.29, 0.717) is 33.9 Å². The van der Waals surface area contributed by atoms with Crippen LogP contribution in [0.5, 0.6) is 11.5 Å². The molecule has 3 aromatic rings. The molecule has 5 atom stereocenters. The van der Waals surface area contributed by atoms with E-state index in [1.165, 1.54) is 0 Å². The number of aliphatic hydroxyl groups excluding tert-OH is 4. The maximum Gasteiger partial charge on any atom is 0.411 e. The molecular formula is C34H29N3O9. The van der Waals surface area contributed by atoms with Crippen LogP contribution in [0.15, 0.2) is 96.3 Å². The zero-order valence-corrected chi connectivity index (χ0v) is 24.2. The van der Waals surface area contributed by atoms with Gasteiger partial charge in [0.15, 0.2) is 0 Å². The number of benzene rings is 3. The molecule has 12 nitrogen and oxygen atoms in total. The minimum absolute atomic E-state index is 0.0122. The van der Waals surface area contributed by atoms with Gasteiger partial charge < -0.3 is 39.4 Å². The van der Waals surface area contributed by atoms with Crippen LogP contribution >= 0.6 is 0 Å². The van der Waals surface area contributed by atoms with Crippen molar-refractivity contribution in [1.29, 1.82) is 10.5 Å². The summed E-state index contributed by atoms with van der Waals surface area (Å²) in [7, 11) is 0. The Kier molecular flexibility index (Phi) is 10.1. The highest BCUT2D eigenvalue weighted by atomic mass is 16.7. The number of nitriles is 2. The summed E-state index contributed by atoms with van der Waals surface area (Å²) < 4.78 is 22.1. The second-order valence-corrected chi connectivity index (χ2v) is 10.3. The monoisotopic (exact) mass is 623 g/mol. The predicted molar refractivity (Wildman–Crippen MR) is 163 cm³/mol. The topological polar surface area (TPSA) is 195 Å². The van der Waals surface area contributed by atoms with Gasteiger partial charge in [-0.25, -0.2) is 4.79 Å². The number of rotatable bonds is 8. The molecule has 2 aliphatic rings. The lowest BCUT2D eigenvalue weighted by Gasteiger charge is -2.39. The molecule has 5 rings (SSSR count). The molecule has 0 radical (unpaired) electrons. The summed E-state index contributed by atoms with van der Waals surface area (Å²) in [6, 6.07) is 24.4. The fourth-order valence-corrected chi connectivity index (χ4v) is 4.71. The first-order chi connectivity index (χ1) is 22.3. The summed E-state index contributed by atoms with van der Waals surface area (Å²) in [5.74, 6) is 1.28. The van der Waals surface area contributed by atoms with Crippen molar-refractivity contribution < 1.29 is 44.2 Å². The van der Waals surface area contributed by atoms with Gasteiger partial charge in [-0.3, -0.25) is 5.32 Å². The first kappa shape index (κ1) is 31.9. The minimum atomic E-state index is -1.55. The van der Waals surface area contributed by atoms with E-state index in [0.717, 1.165) is 5.56 Å². The Hall–Kier alpha value is -5.47. The number of aliphatic hydroxyl groups is 4. The number of carbonyl (C=O) groups is 1. The lowest BCUT2D eigenvalue weighted by molar-refractivity contribution is -0.277. The Morgan fingerprint density at radius 1 is 0.913 bits per heavy atom. The van der Waals surface area contributed by atoms with E-state index in [1.807, 2.05) is 12.1 Å². The molecule has 12 heteroatoms. The third kappa shape index (κ3) is 7.42. The molecule has 1 saturated heterocycles. The molecule has 5 unspecified atom stereocenters. The fourth-order valence-electron chi connectivity index (χ4n) is 4.71. The SMILES string of the molecule is N#CC(C#N)=C1C=C(C=Cc2ccc(NC(=O)OCc3ccc(OC4OC(CO)C(O)C(O)C4O)cc3)cc2)Oc2ccccc21. The Morgan fingerprint density at radius 2 is 1.63 bits per heavy atom.